The Morgan fingerprint density at radius 2 is 1.67 bits per heavy atom. The van der Waals surface area contributed by atoms with Gasteiger partial charge in [-0.2, -0.15) is 0 Å². The van der Waals surface area contributed by atoms with Crippen molar-refractivity contribution in [3.8, 4) is 0 Å². The highest BCUT2D eigenvalue weighted by atomic mass is 14.9. The lowest BCUT2D eigenvalue weighted by Crippen LogP contribution is -2.52. The van der Waals surface area contributed by atoms with E-state index in [1.54, 1.807) is 0 Å². The van der Waals surface area contributed by atoms with E-state index < -0.39 is 0 Å². The van der Waals surface area contributed by atoms with Crippen LogP contribution >= 0.6 is 0 Å². The summed E-state index contributed by atoms with van der Waals surface area (Å²) in [6.07, 6.45) is 2.57. The molecule has 0 saturated heterocycles. The van der Waals surface area contributed by atoms with Gasteiger partial charge in [0.1, 0.15) is 0 Å². The predicted molar refractivity (Wildman–Crippen MR) is 69.0 cm³/mol. The Morgan fingerprint density at radius 3 is 2.07 bits per heavy atom. The van der Waals surface area contributed by atoms with Crippen molar-refractivity contribution in [2.75, 3.05) is 13.1 Å². The summed E-state index contributed by atoms with van der Waals surface area (Å²) < 4.78 is 0. The molecule has 2 nitrogen and oxygen atoms in total. The van der Waals surface area contributed by atoms with Gasteiger partial charge in [-0.15, -0.1) is 0 Å². The summed E-state index contributed by atoms with van der Waals surface area (Å²) in [6.45, 7) is 15.3. The van der Waals surface area contributed by atoms with Crippen LogP contribution in [0.3, 0.4) is 0 Å². The van der Waals surface area contributed by atoms with Gasteiger partial charge < -0.3 is 11.1 Å². The second-order valence-electron chi connectivity index (χ2n) is 6.32. The molecule has 0 spiro atoms. The normalized spacial score (nSPS) is 13.6. The van der Waals surface area contributed by atoms with Crippen molar-refractivity contribution in [1.29, 1.82) is 0 Å². The molecule has 0 fully saturated rings. The van der Waals surface area contributed by atoms with Gasteiger partial charge >= 0.3 is 0 Å². The fraction of sp³-hybridized carbons (Fsp3) is 1.00. The van der Waals surface area contributed by atoms with Crippen LogP contribution < -0.4 is 11.1 Å². The molecule has 0 atom stereocenters. The summed E-state index contributed by atoms with van der Waals surface area (Å²) >= 11 is 0. The zero-order chi connectivity index (χ0) is 12.1. The van der Waals surface area contributed by atoms with Crippen molar-refractivity contribution in [3.63, 3.8) is 0 Å². The first-order valence-electron chi connectivity index (χ1n) is 6.16. The summed E-state index contributed by atoms with van der Waals surface area (Å²) in [4.78, 5) is 0. The molecule has 3 N–H and O–H groups in total. The van der Waals surface area contributed by atoms with Crippen molar-refractivity contribution in [3.05, 3.63) is 0 Å². The third-order valence-corrected chi connectivity index (χ3v) is 3.45. The molecule has 0 heterocycles. The van der Waals surface area contributed by atoms with E-state index in [1.165, 1.54) is 12.8 Å². The van der Waals surface area contributed by atoms with Crippen molar-refractivity contribution in [1.82, 2.24) is 5.32 Å². The molecular weight excluding hydrogens is 184 g/mol. The van der Waals surface area contributed by atoms with Crippen LogP contribution in [-0.2, 0) is 0 Å². The number of nitrogens with two attached hydrogens (primary N) is 1. The Kier molecular flexibility index (Phi) is 5.82. The van der Waals surface area contributed by atoms with E-state index in [4.69, 9.17) is 5.73 Å². The average Bonchev–Trinajstić information content (AvgIpc) is 2.00. The number of nitrogens with one attached hydrogen (secondary N) is 1. The molecule has 92 valence electrons. The van der Waals surface area contributed by atoms with Crippen molar-refractivity contribution in [2.24, 2.45) is 17.1 Å². The molecule has 0 aliphatic rings. The van der Waals surface area contributed by atoms with Crippen LogP contribution in [0.1, 0.15) is 54.4 Å². The number of rotatable bonds is 7. The van der Waals surface area contributed by atoms with Gasteiger partial charge in [0.05, 0.1) is 0 Å². The Labute approximate surface area is 96.0 Å². The van der Waals surface area contributed by atoms with E-state index in [-0.39, 0.29) is 11.0 Å². The van der Waals surface area contributed by atoms with Crippen molar-refractivity contribution in [2.45, 2.75) is 59.9 Å². The van der Waals surface area contributed by atoms with Gasteiger partial charge in [0.25, 0.3) is 0 Å². The zero-order valence-electron chi connectivity index (χ0n) is 11.5. The second kappa shape index (κ2) is 5.86. The SMILES string of the molecule is CC(C)CCCNCC(C)(C)C(C)(C)N. The van der Waals surface area contributed by atoms with E-state index >= 15 is 0 Å². The van der Waals surface area contributed by atoms with Crippen LogP contribution in [-0.4, -0.2) is 18.6 Å². The Hall–Kier alpha value is -0.0800. The quantitative estimate of drug-likeness (QED) is 0.640. The second-order valence-corrected chi connectivity index (χ2v) is 6.32. The summed E-state index contributed by atoms with van der Waals surface area (Å²) in [6, 6.07) is 0. The zero-order valence-corrected chi connectivity index (χ0v) is 11.5. The fourth-order valence-electron chi connectivity index (χ4n) is 1.26. The first kappa shape index (κ1) is 14.9. The standard InChI is InChI=1S/C13H30N2/c1-11(2)8-7-9-15-10-12(3,4)13(5,6)14/h11,15H,7-10,14H2,1-6H3. The van der Waals surface area contributed by atoms with Crippen LogP contribution in [0.2, 0.25) is 0 Å². The molecule has 0 rings (SSSR count). The maximum atomic E-state index is 6.14. The summed E-state index contributed by atoms with van der Waals surface area (Å²) in [5.74, 6) is 0.811. The van der Waals surface area contributed by atoms with Gasteiger partial charge in [-0.25, -0.2) is 0 Å². The molecule has 0 aliphatic heterocycles. The maximum Gasteiger partial charge on any atom is 0.0161 e. The molecule has 0 amide bonds. The molecule has 0 aliphatic carbocycles. The molecule has 0 saturated carbocycles. The van der Waals surface area contributed by atoms with E-state index in [9.17, 15) is 0 Å². The van der Waals surface area contributed by atoms with Gasteiger partial charge in [0.15, 0.2) is 0 Å². The van der Waals surface area contributed by atoms with Gasteiger partial charge in [-0.3, -0.25) is 0 Å². The number of hydrogen-bond donors (Lipinski definition) is 2. The third kappa shape index (κ3) is 6.16. The topological polar surface area (TPSA) is 38.0 Å². The highest BCUT2D eigenvalue weighted by Crippen LogP contribution is 2.26. The lowest BCUT2D eigenvalue weighted by molar-refractivity contribution is 0.195. The Morgan fingerprint density at radius 1 is 1.13 bits per heavy atom. The van der Waals surface area contributed by atoms with E-state index in [0.717, 1.165) is 19.0 Å². The molecular formula is C13H30N2. The Balaban J connectivity index is 3.68. The highest BCUT2D eigenvalue weighted by Gasteiger charge is 2.32. The van der Waals surface area contributed by atoms with Gasteiger partial charge in [-0.1, -0.05) is 27.7 Å². The molecule has 0 aromatic carbocycles. The lowest BCUT2D eigenvalue weighted by Gasteiger charge is -2.38. The molecule has 0 radical (unpaired) electrons. The molecule has 0 unspecified atom stereocenters. The molecule has 0 aromatic rings. The highest BCUT2D eigenvalue weighted by molar-refractivity contribution is 4.91. The average molecular weight is 214 g/mol. The first-order chi connectivity index (χ1) is 6.67. The largest absolute Gasteiger partial charge is 0.325 e. The van der Waals surface area contributed by atoms with Crippen LogP contribution in [0.15, 0.2) is 0 Å². The van der Waals surface area contributed by atoms with Gasteiger partial charge in [-0.05, 0) is 44.6 Å². The molecule has 0 aromatic heterocycles. The first-order valence-corrected chi connectivity index (χ1v) is 6.16. The summed E-state index contributed by atoms with van der Waals surface area (Å²) in [5.41, 5.74) is 6.15. The van der Waals surface area contributed by atoms with Crippen LogP contribution in [0, 0.1) is 11.3 Å². The van der Waals surface area contributed by atoms with Crippen LogP contribution in [0.5, 0.6) is 0 Å². The summed E-state index contributed by atoms with van der Waals surface area (Å²) in [5, 5.41) is 3.51. The van der Waals surface area contributed by atoms with Gasteiger partial charge in [0.2, 0.25) is 0 Å². The van der Waals surface area contributed by atoms with Gasteiger partial charge in [0, 0.05) is 12.1 Å². The van der Waals surface area contributed by atoms with Crippen molar-refractivity contribution < 1.29 is 0 Å². The molecule has 15 heavy (non-hydrogen) atoms. The molecule has 0 bridgehead atoms. The minimum atomic E-state index is -0.127. The summed E-state index contributed by atoms with van der Waals surface area (Å²) in [7, 11) is 0. The van der Waals surface area contributed by atoms with E-state index in [0.29, 0.717) is 0 Å². The monoisotopic (exact) mass is 214 g/mol. The third-order valence-electron chi connectivity index (χ3n) is 3.45. The minimum Gasteiger partial charge on any atom is -0.325 e. The molecule has 2 heteroatoms. The van der Waals surface area contributed by atoms with Crippen LogP contribution in [0.4, 0.5) is 0 Å². The fourth-order valence-corrected chi connectivity index (χ4v) is 1.26. The Bertz CT molecular complexity index is 166. The van der Waals surface area contributed by atoms with Crippen molar-refractivity contribution >= 4 is 0 Å². The van der Waals surface area contributed by atoms with Crippen LogP contribution in [0.25, 0.3) is 0 Å². The van der Waals surface area contributed by atoms with E-state index in [2.05, 4.69) is 46.9 Å². The minimum absolute atomic E-state index is 0.127. The van der Waals surface area contributed by atoms with E-state index in [1.807, 2.05) is 0 Å². The smallest absolute Gasteiger partial charge is 0.0161 e. The lowest BCUT2D eigenvalue weighted by atomic mass is 9.75. The predicted octanol–water partition coefficient (Wildman–Crippen LogP) is 2.78. The number of hydrogen-bond acceptors (Lipinski definition) is 2. The maximum absolute atomic E-state index is 6.14.